The minimum atomic E-state index is 0.406. The number of hydrogen-bond donors (Lipinski definition) is 2. The summed E-state index contributed by atoms with van der Waals surface area (Å²) in [4.78, 5) is 8.22. The average molecular weight is 246 g/mol. The highest BCUT2D eigenvalue weighted by atomic mass is 16.5. The predicted molar refractivity (Wildman–Crippen MR) is 68.2 cm³/mol. The lowest BCUT2D eigenvalue weighted by Crippen LogP contribution is -2.15. The molecule has 3 aliphatic rings. The fourth-order valence-corrected chi connectivity index (χ4v) is 4.37. The normalized spacial score (nSPS) is 39.5. The molecule has 5 nitrogen and oxygen atoms in total. The van der Waals surface area contributed by atoms with Gasteiger partial charge in [-0.3, -0.25) is 0 Å². The maximum atomic E-state index is 5.79. The van der Waals surface area contributed by atoms with Crippen LogP contribution in [0.1, 0.15) is 19.3 Å². The Kier molecular flexibility index (Phi) is 2.02. The van der Waals surface area contributed by atoms with Crippen molar-refractivity contribution in [1.82, 2.24) is 9.97 Å². The average Bonchev–Trinajstić information content (AvgIpc) is 2.78. The Morgan fingerprint density at radius 1 is 1.28 bits per heavy atom. The number of anilines is 2. The third-order valence-electron chi connectivity index (χ3n) is 5.07. The monoisotopic (exact) mass is 246 g/mol. The van der Waals surface area contributed by atoms with E-state index in [1.165, 1.54) is 25.6 Å². The zero-order valence-electron chi connectivity index (χ0n) is 10.5. The van der Waals surface area contributed by atoms with Crippen molar-refractivity contribution in [3.8, 4) is 5.75 Å². The van der Waals surface area contributed by atoms with Crippen LogP contribution in [0.4, 0.5) is 11.6 Å². The second-order valence-electron chi connectivity index (χ2n) is 5.80. The molecule has 4 rings (SSSR count). The summed E-state index contributed by atoms with van der Waals surface area (Å²) in [5.41, 5.74) is 5.79. The van der Waals surface area contributed by atoms with E-state index in [1.807, 2.05) is 0 Å². The summed E-state index contributed by atoms with van der Waals surface area (Å²) in [7, 11) is 1.61. The molecule has 2 bridgehead atoms. The third-order valence-corrected chi connectivity index (χ3v) is 5.07. The minimum absolute atomic E-state index is 0.406. The van der Waals surface area contributed by atoms with E-state index in [-0.39, 0.29) is 0 Å². The molecular formula is C13H18N4O. The smallest absolute Gasteiger partial charge is 0.203 e. The molecule has 1 aromatic rings. The Morgan fingerprint density at radius 3 is 2.67 bits per heavy atom. The van der Waals surface area contributed by atoms with E-state index in [0.29, 0.717) is 17.6 Å². The van der Waals surface area contributed by atoms with Gasteiger partial charge >= 0.3 is 0 Å². The Bertz CT molecular complexity index is 476. The zero-order valence-corrected chi connectivity index (χ0v) is 10.5. The number of nitrogens with zero attached hydrogens (tertiary/aromatic N) is 2. The molecule has 3 fully saturated rings. The lowest BCUT2D eigenvalue weighted by molar-refractivity contribution is 0.414. The topological polar surface area (TPSA) is 73.1 Å². The summed E-state index contributed by atoms with van der Waals surface area (Å²) in [6.07, 6.45) is 5.80. The van der Waals surface area contributed by atoms with E-state index in [4.69, 9.17) is 10.5 Å². The van der Waals surface area contributed by atoms with E-state index in [2.05, 4.69) is 15.3 Å². The van der Waals surface area contributed by atoms with Crippen LogP contribution in [0, 0.1) is 23.7 Å². The molecule has 5 heteroatoms. The van der Waals surface area contributed by atoms with Crippen molar-refractivity contribution in [3.05, 3.63) is 6.33 Å². The van der Waals surface area contributed by atoms with Gasteiger partial charge in [-0.2, -0.15) is 0 Å². The first-order chi connectivity index (χ1) is 8.79. The number of nitrogen functional groups attached to an aromatic ring is 1. The van der Waals surface area contributed by atoms with Crippen LogP contribution in [-0.2, 0) is 0 Å². The van der Waals surface area contributed by atoms with Crippen molar-refractivity contribution >= 4 is 11.6 Å². The van der Waals surface area contributed by atoms with E-state index in [0.717, 1.165) is 29.5 Å². The van der Waals surface area contributed by atoms with Crippen molar-refractivity contribution in [3.63, 3.8) is 0 Å². The van der Waals surface area contributed by atoms with Crippen molar-refractivity contribution in [2.45, 2.75) is 25.3 Å². The highest BCUT2D eigenvalue weighted by Crippen LogP contribution is 2.66. The quantitative estimate of drug-likeness (QED) is 0.846. The number of aromatic nitrogens is 2. The largest absolute Gasteiger partial charge is 0.490 e. The lowest BCUT2D eigenvalue weighted by atomic mass is 10.0. The molecule has 0 saturated heterocycles. The maximum absolute atomic E-state index is 5.79. The highest BCUT2D eigenvalue weighted by molar-refractivity contribution is 5.62. The van der Waals surface area contributed by atoms with Gasteiger partial charge in [-0.15, -0.1) is 0 Å². The molecule has 0 aliphatic heterocycles. The fraction of sp³-hybridized carbons (Fsp3) is 0.692. The molecule has 1 aromatic heterocycles. The van der Waals surface area contributed by atoms with Crippen LogP contribution in [0.5, 0.6) is 5.75 Å². The summed E-state index contributed by atoms with van der Waals surface area (Å²) in [6, 6.07) is 0.583. The van der Waals surface area contributed by atoms with Crippen LogP contribution < -0.4 is 15.8 Å². The Balaban J connectivity index is 1.55. The van der Waals surface area contributed by atoms with Gasteiger partial charge in [-0.1, -0.05) is 0 Å². The molecule has 0 aromatic carbocycles. The zero-order chi connectivity index (χ0) is 12.3. The summed E-state index contributed by atoms with van der Waals surface area (Å²) in [5.74, 6) is 5.36. The van der Waals surface area contributed by atoms with Crippen molar-refractivity contribution < 1.29 is 4.74 Å². The van der Waals surface area contributed by atoms with Crippen molar-refractivity contribution in [2.75, 3.05) is 18.2 Å². The first-order valence-corrected chi connectivity index (χ1v) is 6.70. The molecule has 3 saturated carbocycles. The van der Waals surface area contributed by atoms with Gasteiger partial charge in [-0.05, 0) is 42.9 Å². The maximum Gasteiger partial charge on any atom is 0.203 e. The number of hydrogen-bond acceptors (Lipinski definition) is 5. The number of rotatable bonds is 3. The molecular weight excluding hydrogens is 228 g/mol. The van der Waals surface area contributed by atoms with Gasteiger partial charge in [0, 0.05) is 6.04 Å². The molecule has 96 valence electrons. The summed E-state index contributed by atoms with van der Waals surface area (Å²) < 4.78 is 5.28. The highest BCUT2D eigenvalue weighted by Gasteiger charge is 2.65. The van der Waals surface area contributed by atoms with Gasteiger partial charge in [0.25, 0.3) is 0 Å². The van der Waals surface area contributed by atoms with Crippen LogP contribution in [0.15, 0.2) is 6.33 Å². The molecule has 3 N–H and O–H groups in total. The number of nitrogens with one attached hydrogen (secondary N) is 1. The minimum Gasteiger partial charge on any atom is -0.490 e. The number of ether oxygens (including phenoxy) is 1. The third kappa shape index (κ3) is 1.27. The molecule has 18 heavy (non-hydrogen) atoms. The number of fused-ring (bicyclic) bond motifs is 5. The summed E-state index contributed by atoms with van der Waals surface area (Å²) in [6.45, 7) is 0. The number of nitrogens with two attached hydrogens (primary N) is 1. The van der Waals surface area contributed by atoms with Gasteiger partial charge in [0.1, 0.15) is 6.33 Å². The SMILES string of the molecule is COc1c(N)ncnc1NC1C2C3CCC(C3)C12. The van der Waals surface area contributed by atoms with E-state index >= 15 is 0 Å². The van der Waals surface area contributed by atoms with Crippen molar-refractivity contribution in [1.29, 1.82) is 0 Å². The molecule has 0 radical (unpaired) electrons. The van der Waals surface area contributed by atoms with Crippen LogP contribution in [0.3, 0.4) is 0 Å². The van der Waals surface area contributed by atoms with Gasteiger partial charge in [0.2, 0.25) is 5.75 Å². The lowest BCUT2D eigenvalue weighted by Gasteiger charge is -2.14. The van der Waals surface area contributed by atoms with Crippen LogP contribution in [-0.4, -0.2) is 23.1 Å². The van der Waals surface area contributed by atoms with Gasteiger partial charge in [0.05, 0.1) is 7.11 Å². The molecule has 0 amide bonds. The molecule has 1 heterocycles. The first kappa shape index (κ1) is 10.4. The van der Waals surface area contributed by atoms with E-state index in [1.54, 1.807) is 7.11 Å². The second kappa shape index (κ2) is 3.49. The Labute approximate surface area is 106 Å². The molecule has 0 spiro atoms. The predicted octanol–water partition coefficient (Wildman–Crippen LogP) is 1.52. The first-order valence-electron chi connectivity index (χ1n) is 6.70. The Morgan fingerprint density at radius 2 is 2.00 bits per heavy atom. The van der Waals surface area contributed by atoms with E-state index < -0.39 is 0 Å². The molecule has 3 aliphatic carbocycles. The standard InChI is InChI=1S/C13H18N4O/c1-18-11-12(14)15-5-16-13(11)17-10-8-6-2-3-7(4-6)9(8)10/h5-10H,2-4H2,1H3,(H3,14,15,16,17). The molecule has 4 atom stereocenters. The summed E-state index contributed by atoms with van der Waals surface area (Å²) >= 11 is 0. The fourth-order valence-electron chi connectivity index (χ4n) is 4.37. The number of methoxy groups -OCH3 is 1. The van der Waals surface area contributed by atoms with Crippen molar-refractivity contribution in [2.24, 2.45) is 23.7 Å². The Hall–Kier alpha value is -1.52. The van der Waals surface area contributed by atoms with Gasteiger partial charge in [0.15, 0.2) is 11.6 Å². The van der Waals surface area contributed by atoms with Gasteiger partial charge in [-0.25, -0.2) is 9.97 Å². The molecule has 4 unspecified atom stereocenters. The van der Waals surface area contributed by atoms with E-state index in [9.17, 15) is 0 Å². The van der Waals surface area contributed by atoms with Crippen LogP contribution >= 0.6 is 0 Å². The second-order valence-corrected chi connectivity index (χ2v) is 5.80. The van der Waals surface area contributed by atoms with Gasteiger partial charge < -0.3 is 15.8 Å². The van der Waals surface area contributed by atoms with Crippen LogP contribution in [0.2, 0.25) is 0 Å². The van der Waals surface area contributed by atoms with Crippen LogP contribution in [0.25, 0.3) is 0 Å². The summed E-state index contributed by atoms with van der Waals surface area (Å²) in [5, 5.41) is 3.52.